The average molecular weight is 328 g/mol. The number of aliphatic hydroxyl groups excluding tert-OH is 1. The Hall–Kier alpha value is -1.24. The van der Waals surface area contributed by atoms with E-state index < -0.39 is 11.0 Å². The standard InChI is InChI=1S/C12H10BrNO3S/c13-10-5-6-18-12(10)11(15)7-8-1-3-9(4-2-8)14(16)17/h1-6,11,15H,7H2. The highest BCUT2D eigenvalue weighted by atomic mass is 79.9. The molecule has 1 aromatic heterocycles. The lowest BCUT2D eigenvalue weighted by molar-refractivity contribution is -0.384. The Labute approximate surface area is 116 Å². The smallest absolute Gasteiger partial charge is 0.269 e. The van der Waals surface area contributed by atoms with Crippen molar-refractivity contribution in [2.75, 3.05) is 0 Å². The summed E-state index contributed by atoms with van der Waals surface area (Å²) >= 11 is 4.85. The summed E-state index contributed by atoms with van der Waals surface area (Å²) < 4.78 is 0.891. The maximum atomic E-state index is 10.5. The second-order valence-corrected chi connectivity index (χ2v) is 5.58. The van der Waals surface area contributed by atoms with Crippen molar-refractivity contribution in [2.24, 2.45) is 0 Å². The Morgan fingerprint density at radius 3 is 2.50 bits per heavy atom. The number of rotatable bonds is 4. The fraction of sp³-hybridized carbons (Fsp3) is 0.167. The van der Waals surface area contributed by atoms with Gasteiger partial charge in [0.1, 0.15) is 0 Å². The first kappa shape index (κ1) is 13.2. The number of nitro groups is 1. The molecule has 0 saturated carbocycles. The summed E-state index contributed by atoms with van der Waals surface area (Å²) in [5.74, 6) is 0. The molecule has 1 N–H and O–H groups in total. The van der Waals surface area contributed by atoms with Crippen molar-refractivity contribution in [3.05, 3.63) is 60.7 Å². The molecule has 94 valence electrons. The van der Waals surface area contributed by atoms with Crippen molar-refractivity contribution in [3.63, 3.8) is 0 Å². The average Bonchev–Trinajstić information content (AvgIpc) is 2.76. The van der Waals surface area contributed by atoms with Gasteiger partial charge in [-0.25, -0.2) is 0 Å². The lowest BCUT2D eigenvalue weighted by Gasteiger charge is -2.09. The maximum Gasteiger partial charge on any atom is 0.269 e. The minimum absolute atomic E-state index is 0.0607. The Balaban J connectivity index is 2.10. The van der Waals surface area contributed by atoms with Gasteiger partial charge in [0.05, 0.1) is 11.0 Å². The monoisotopic (exact) mass is 327 g/mol. The van der Waals surface area contributed by atoms with Crippen LogP contribution in [0, 0.1) is 10.1 Å². The molecule has 0 spiro atoms. The number of nitrogens with zero attached hydrogens (tertiary/aromatic N) is 1. The van der Waals surface area contributed by atoms with Crippen LogP contribution in [0.15, 0.2) is 40.2 Å². The molecule has 1 heterocycles. The van der Waals surface area contributed by atoms with E-state index in [1.54, 1.807) is 12.1 Å². The molecule has 0 radical (unpaired) electrons. The van der Waals surface area contributed by atoms with Crippen LogP contribution in [-0.4, -0.2) is 10.0 Å². The van der Waals surface area contributed by atoms with E-state index in [2.05, 4.69) is 15.9 Å². The Morgan fingerprint density at radius 2 is 2.00 bits per heavy atom. The van der Waals surface area contributed by atoms with E-state index in [4.69, 9.17) is 0 Å². The molecule has 1 atom stereocenters. The van der Waals surface area contributed by atoms with Crippen LogP contribution in [0.1, 0.15) is 16.5 Å². The first-order chi connectivity index (χ1) is 8.58. The van der Waals surface area contributed by atoms with Crippen molar-refractivity contribution in [3.8, 4) is 0 Å². The van der Waals surface area contributed by atoms with Crippen LogP contribution >= 0.6 is 27.3 Å². The zero-order chi connectivity index (χ0) is 13.1. The van der Waals surface area contributed by atoms with Gasteiger partial charge in [0.2, 0.25) is 0 Å². The summed E-state index contributed by atoms with van der Waals surface area (Å²) in [4.78, 5) is 11.0. The number of nitro benzene ring substituents is 1. The van der Waals surface area contributed by atoms with Crippen molar-refractivity contribution in [1.82, 2.24) is 0 Å². The minimum atomic E-state index is -0.596. The second kappa shape index (κ2) is 5.60. The van der Waals surface area contributed by atoms with Crippen molar-refractivity contribution >= 4 is 33.0 Å². The summed E-state index contributed by atoms with van der Waals surface area (Å²) in [6.45, 7) is 0. The van der Waals surface area contributed by atoms with Crippen LogP contribution < -0.4 is 0 Å². The normalized spacial score (nSPS) is 12.3. The highest BCUT2D eigenvalue weighted by molar-refractivity contribution is 9.10. The summed E-state index contributed by atoms with van der Waals surface area (Å²) in [6.07, 6.45) is -0.155. The van der Waals surface area contributed by atoms with Gasteiger partial charge in [0.15, 0.2) is 0 Å². The molecular weight excluding hydrogens is 318 g/mol. The number of aliphatic hydroxyl groups is 1. The zero-order valence-electron chi connectivity index (χ0n) is 9.25. The fourth-order valence-corrected chi connectivity index (χ4v) is 3.24. The molecule has 2 rings (SSSR count). The molecule has 0 aliphatic carbocycles. The van der Waals surface area contributed by atoms with E-state index in [0.717, 1.165) is 14.9 Å². The highest BCUT2D eigenvalue weighted by Crippen LogP contribution is 2.31. The van der Waals surface area contributed by atoms with Gasteiger partial charge in [0, 0.05) is 27.9 Å². The van der Waals surface area contributed by atoms with Gasteiger partial charge in [-0.15, -0.1) is 11.3 Å². The second-order valence-electron chi connectivity index (χ2n) is 3.78. The van der Waals surface area contributed by atoms with Crippen LogP contribution in [0.25, 0.3) is 0 Å². The Morgan fingerprint density at radius 1 is 1.33 bits per heavy atom. The molecule has 0 saturated heterocycles. The van der Waals surface area contributed by atoms with Gasteiger partial charge in [-0.3, -0.25) is 10.1 Å². The van der Waals surface area contributed by atoms with E-state index in [1.807, 2.05) is 11.4 Å². The molecule has 0 fully saturated rings. The Bertz CT molecular complexity index is 553. The van der Waals surface area contributed by atoms with Crippen LogP contribution in [0.4, 0.5) is 5.69 Å². The van der Waals surface area contributed by atoms with Gasteiger partial charge in [-0.1, -0.05) is 12.1 Å². The molecule has 1 unspecified atom stereocenters. The van der Waals surface area contributed by atoms with E-state index in [9.17, 15) is 15.2 Å². The van der Waals surface area contributed by atoms with E-state index in [1.165, 1.54) is 23.5 Å². The van der Waals surface area contributed by atoms with Crippen molar-refractivity contribution in [2.45, 2.75) is 12.5 Å². The molecule has 0 aliphatic rings. The zero-order valence-corrected chi connectivity index (χ0v) is 11.6. The molecule has 0 bridgehead atoms. The van der Waals surface area contributed by atoms with Gasteiger partial charge in [-0.05, 0) is 32.9 Å². The van der Waals surface area contributed by atoms with Crippen LogP contribution in [0.3, 0.4) is 0 Å². The van der Waals surface area contributed by atoms with Crippen LogP contribution in [0.2, 0.25) is 0 Å². The summed E-state index contributed by atoms with van der Waals surface area (Å²) in [5, 5.41) is 22.5. The number of benzene rings is 1. The topological polar surface area (TPSA) is 63.4 Å². The van der Waals surface area contributed by atoms with E-state index >= 15 is 0 Å². The number of thiophene rings is 1. The number of hydrogen-bond acceptors (Lipinski definition) is 4. The van der Waals surface area contributed by atoms with Gasteiger partial charge < -0.3 is 5.11 Å². The third-order valence-corrected chi connectivity index (χ3v) is 4.50. The molecule has 0 amide bonds. The number of halogens is 1. The first-order valence-corrected chi connectivity index (χ1v) is 6.89. The molecular formula is C12H10BrNO3S. The number of hydrogen-bond donors (Lipinski definition) is 1. The third-order valence-electron chi connectivity index (χ3n) is 2.52. The van der Waals surface area contributed by atoms with Gasteiger partial charge >= 0.3 is 0 Å². The third kappa shape index (κ3) is 2.95. The molecule has 1 aromatic carbocycles. The van der Waals surface area contributed by atoms with Crippen molar-refractivity contribution in [1.29, 1.82) is 0 Å². The summed E-state index contributed by atoms with van der Waals surface area (Å²) in [7, 11) is 0. The van der Waals surface area contributed by atoms with Gasteiger partial charge in [0.25, 0.3) is 5.69 Å². The number of non-ortho nitro benzene ring substituents is 1. The SMILES string of the molecule is O=[N+]([O-])c1ccc(CC(O)c2sccc2Br)cc1. The van der Waals surface area contributed by atoms with Gasteiger partial charge in [-0.2, -0.15) is 0 Å². The molecule has 6 heteroatoms. The molecule has 0 aliphatic heterocycles. The fourth-order valence-electron chi connectivity index (χ4n) is 1.61. The lowest BCUT2D eigenvalue weighted by atomic mass is 10.1. The quantitative estimate of drug-likeness (QED) is 0.688. The molecule has 18 heavy (non-hydrogen) atoms. The maximum absolute atomic E-state index is 10.5. The van der Waals surface area contributed by atoms with Crippen LogP contribution in [-0.2, 0) is 6.42 Å². The van der Waals surface area contributed by atoms with Crippen LogP contribution in [0.5, 0.6) is 0 Å². The lowest BCUT2D eigenvalue weighted by Crippen LogP contribution is -2.00. The predicted molar refractivity (Wildman–Crippen MR) is 73.8 cm³/mol. The molecule has 2 aromatic rings. The Kier molecular flexibility index (Phi) is 4.11. The minimum Gasteiger partial charge on any atom is -0.387 e. The van der Waals surface area contributed by atoms with E-state index in [0.29, 0.717) is 6.42 Å². The van der Waals surface area contributed by atoms with Crippen molar-refractivity contribution < 1.29 is 10.0 Å². The molecule has 4 nitrogen and oxygen atoms in total. The predicted octanol–water partition coefficient (Wildman–Crippen LogP) is 3.69. The summed E-state index contributed by atoms with van der Waals surface area (Å²) in [5.41, 5.74) is 0.930. The summed E-state index contributed by atoms with van der Waals surface area (Å²) in [6, 6.07) is 8.13. The van der Waals surface area contributed by atoms with E-state index in [-0.39, 0.29) is 5.69 Å². The largest absolute Gasteiger partial charge is 0.387 e. The highest BCUT2D eigenvalue weighted by Gasteiger charge is 2.14. The first-order valence-electron chi connectivity index (χ1n) is 5.22.